The number of benzene rings is 1. The van der Waals surface area contributed by atoms with Crippen molar-refractivity contribution in [2.75, 3.05) is 14.2 Å². The van der Waals surface area contributed by atoms with Gasteiger partial charge in [0.15, 0.2) is 11.5 Å². The fraction of sp³-hybridized carbons (Fsp3) is 0.462. The van der Waals surface area contributed by atoms with Gasteiger partial charge in [-0.15, -0.1) is 0 Å². The van der Waals surface area contributed by atoms with Crippen molar-refractivity contribution < 1.29 is 19.4 Å². The van der Waals surface area contributed by atoms with Gasteiger partial charge in [0.05, 0.1) is 18.7 Å². The molecule has 1 rings (SSSR count). The standard InChI is InChI=1S/C13H18BrNO4/c1-13(2,12(17)19-4)15-7-8-5-9(14)11(16)10(6-8)18-3/h5-6,15-16H,7H2,1-4H3. The number of nitrogens with one attached hydrogen (secondary N) is 1. The molecule has 0 aliphatic carbocycles. The number of phenols is 1. The number of ether oxygens (including phenoxy) is 2. The molecular weight excluding hydrogens is 314 g/mol. The number of phenolic OH excluding ortho intramolecular Hbond substituents is 1. The highest BCUT2D eigenvalue weighted by molar-refractivity contribution is 9.10. The van der Waals surface area contributed by atoms with Gasteiger partial charge in [0.25, 0.3) is 0 Å². The maximum absolute atomic E-state index is 11.5. The Balaban J connectivity index is 2.84. The second kappa shape index (κ2) is 6.25. The van der Waals surface area contributed by atoms with E-state index in [1.807, 2.05) is 0 Å². The lowest BCUT2D eigenvalue weighted by Gasteiger charge is -2.23. The number of rotatable bonds is 5. The molecule has 0 aliphatic rings. The van der Waals surface area contributed by atoms with Gasteiger partial charge in [-0.3, -0.25) is 10.1 Å². The van der Waals surface area contributed by atoms with Crippen LogP contribution < -0.4 is 10.1 Å². The van der Waals surface area contributed by atoms with Gasteiger partial charge < -0.3 is 14.6 Å². The van der Waals surface area contributed by atoms with Crippen molar-refractivity contribution in [3.63, 3.8) is 0 Å². The van der Waals surface area contributed by atoms with Gasteiger partial charge in [-0.25, -0.2) is 0 Å². The summed E-state index contributed by atoms with van der Waals surface area (Å²) in [5, 5.41) is 12.8. The number of carbonyl (C=O) groups is 1. The molecule has 0 amide bonds. The number of halogens is 1. The summed E-state index contributed by atoms with van der Waals surface area (Å²) in [6.45, 7) is 3.92. The van der Waals surface area contributed by atoms with Crippen LogP contribution in [0.5, 0.6) is 11.5 Å². The van der Waals surface area contributed by atoms with Crippen LogP contribution in [0.25, 0.3) is 0 Å². The Morgan fingerprint density at radius 2 is 2.05 bits per heavy atom. The van der Waals surface area contributed by atoms with Gasteiger partial charge in [-0.2, -0.15) is 0 Å². The van der Waals surface area contributed by atoms with E-state index in [4.69, 9.17) is 9.47 Å². The quantitative estimate of drug-likeness (QED) is 0.809. The second-order valence-electron chi connectivity index (χ2n) is 4.60. The zero-order valence-electron chi connectivity index (χ0n) is 11.4. The van der Waals surface area contributed by atoms with E-state index in [9.17, 15) is 9.90 Å². The van der Waals surface area contributed by atoms with E-state index >= 15 is 0 Å². The van der Waals surface area contributed by atoms with Gasteiger partial charge in [0.2, 0.25) is 0 Å². The maximum atomic E-state index is 11.5. The van der Waals surface area contributed by atoms with Crippen molar-refractivity contribution in [1.82, 2.24) is 5.32 Å². The van der Waals surface area contributed by atoms with Crippen molar-refractivity contribution in [2.24, 2.45) is 0 Å². The predicted molar refractivity (Wildman–Crippen MR) is 75.3 cm³/mol. The lowest BCUT2D eigenvalue weighted by atomic mass is 10.1. The van der Waals surface area contributed by atoms with Crippen LogP contribution in [0.15, 0.2) is 16.6 Å². The smallest absolute Gasteiger partial charge is 0.325 e. The lowest BCUT2D eigenvalue weighted by molar-refractivity contribution is -0.147. The highest BCUT2D eigenvalue weighted by Gasteiger charge is 2.27. The van der Waals surface area contributed by atoms with Crippen LogP contribution in [0.4, 0.5) is 0 Å². The molecule has 6 heteroatoms. The number of carbonyl (C=O) groups excluding carboxylic acids is 1. The van der Waals surface area contributed by atoms with Gasteiger partial charge in [-0.05, 0) is 47.5 Å². The fourth-order valence-electron chi connectivity index (χ4n) is 1.54. The molecule has 0 aromatic heterocycles. The van der Waals surface area contributed by atoms with E-state index in [1.54, 1.807) is 26.0 Å². The average molecular weight is 332 g/mol. The minimum absolute atomic E-state index is 0.0541. The van der Waals surface area contributed by atoms with E-state index in [0.29, 0.717) is 16.8 Å². The molecular formula is C13H18BrNO4. The van der Waals surface area contributed by atoms with Gasteiger partial charge in [-0.1, -0.05) is 0 Å². The summed E-state index contributed by atoms with van der Waals surface area (Å²) in [7, 11) is 2.84. The first-order chi connectivity index (χ1) is 8.81. The van der Waals surface area contributed by atoms with Gasteiger partial charge in [0.1, 0.15) is 5.54 Å². The first-order valence-corrected chi connectivity index (χ1v) is 6.50. The van der Waals surface area contributed by atoms with Gasteiger partial charge >= 0.3 is 5.97 Å². The number of methoxy groups -OCH3 is 2. The van der Waals surface area contributed by atoms with E-state index < -0.39 is 5.54 Å². The fourth-order valence-corrected chi connectivity index (χ4v) is 2.02. The molecule has 5 nitrogen and oxygen atoms in total. The summed E-state index contributed by atoms with van der Waals surface area (Å²) in [6.07, 6.45) is 0. The third-order valence-electron chi connectivity index (χ3n) is 2.74. The van der Waals surface area contributed by atoms with Crippen LogP contribution in [0, 0.1) is 0 Å². The van der Waals surface area contributed by atoms with Crippen LogP contribution in [0.3, 0.4) is 0 Å². The molecule has 19 heavy (non-hydrogen) atoms. The number of hydrogen-bond acceptors (Lipinski definition) is 5. The Hall–Kier alpha value is -1.27. The lowest BCUT2D eigenvalue weighted by Crippen LogP contribution is -2.46. The first-order valence-electron chi connectivity index (χ1n) is 5.70. The van der Waals surface area contributed by atoms with E-state index in [2.05, 4.69) is 21.2 Å². The molecule has 0 atom stereocenters. The molecule has 2 N–H and O–H groups in total. The van der Waals surface area contributed by atoms with Crippen molar-refractivity contribution in [3.05, 3.63) is 22.2 Å². The minimum atomic E-state index is -0.785. The van der Waals surface area contributed by atoms with Crippen molar-refractivity contribution >= 4 is 21.9 Å². The second-order valence-corrected chi connectivity index (χ2v) is 5.45. The van der Waals surface area contributed by atoms with Gasteiger partial charge in [0, 0.05) is 6.54 Å². The molecule has 106 valence electrons. The maximum Gasteiger partial charge on any atom is 0.325 e. The van der Waals surface area contributed by atoms with Crippen molar-refractivity contribution in [2.45, 2.75) is 25.9 Å². The summed E-state index contributed by atoms with van der Waals surface area (Å²) in [6, 6.07) is 3.47. The van der Waals surface area contributed by atoms with Crippen LogP contribution in [0.2, 0.25) is 0 Å². The molecule has 0 fully saturated rings. The Morgan fingerprint density at radius 3 is 2.58 bits per heavy atom. The van der Waals surface area contributed by atoms with Crippen LogP contribution >= 0.6 is 15.9 Å². The normalized spacial score (nSPS) is 11.2. The molecule has 0 heterocycles. The average Bonchev–Trinajstić information content (AvgIpc) is 2.38. The summed E-state index contributed by atoms with van der Waals surface area (Å²) >= 11 is 3.25. The molecule has 0 bridgehead atoms. The molecule has 0 spiro atoms. The van der Waals surface area contributed by atoms with Crippen molar-refractivity contribution in [1.29, 1.82) is 0 Å². The van der Waals surface area contributed by atoms with E-state index in [-0.39, 0.29) is 11.7 Å². The monoisotopic (exact) mass is 331 g/mol. The SMILES string of the molecule is COC(=O)C(C)(C)NCc1cc(Br)c(O)c(OC)c1. The molecule has 0 aliphatic heterocycles. The van der Waals surface area contributed by atoms with Crippen LogP contribution in [-0.4, -0.2) is 30.8 Å². The Morgan fingerprint density at radius 1 is 1.42 bits per heavy atom. The molecule has 1 aromatic carbocycles. The first kappa shape index (κ1) is 15.8. The molecule has 0 unspecified atom stereocenters. The Labute approximate surface area is 121 Å². The van der Waals surface area contributed by atoms with Crippen molar-refractivity contribution in [3.8, 4) is 11.5 Å². The topological polar surface area (TPSA) is 67.8 Å². The highest BCUT2D eigenvalue weighted by Crippen LogP contribution is 2.35. The third kappa shape index (κ3) is 3.84. The zero-order chi connectivity index (χ0) is 14.6. The summed E-state index contributed by atoms with van der Waals surface area (Å²) in [5.74, 6) is 0.0952. The molecule has 0 radical (unpaired) electrons. The predicted octanol–water partition coefficient (Wildman–Crippen LogP) is 2.20. The summed E-state index contributed by atoms with van der Waals surface area (Å²) in [5.41, 5.74) is 0.0882. The van der Waals surface area contributed by atoms with E-state index in [1.165, 1.54) is 14.2 Å². The Bertz CT molecular complexity index is 474. The Kier molecular flexibility index (Phi) is 5.20. The number of aromatic hydroxyl groups is 1. The zero-order valence-corrected chi connectivity index (χ0v) is 13.0. The van der Waals surface area contributed by atoms with E-state index in [0.717, 1.165) is 5.56 Å². The number of esters is 1. The summed E-state index contributed by atoms with van der Waals surface area (Å²) in [4.78, 5) is 11.5. The summed E-state index contributed by atoms with van der Waals surface area (Å²) < 4.78 is 10.3. The van der Waals surface area contributed by atoms with Crippen LogP contribution in [0.1, 0.15) is 19.4 Å². The van der Waals surface area contributed by atoms with Crippen LogP contribution in [-0.2, 0) is 16.1 Å². The molecule has 0 saturated carbocycles. The highest BCUT2D eigenvalue weighted by atomic mass is 79.9. The third-order valence-corrected chi connectivity index (χ3v) is 3.34. The minimum Gasteiger partial charge on any atom is -0.503 e. The molecule has 0 saturated heterocycles. The largest absolute Gasteiger partial charge is 0.503 e. The number of hydrogen-bond donors (Lipinski definition) is 2. The molecule has 1 aromatic rings.